The van der Waals surface area contributed by atoms with Gasteiger partial charge in [-0.25, -0.2) is 0 Å². The van der Waals surface area contributed by atoms with E-state index in [1.54, 1.807) is 0 Å². The fraction of sp³-hybridized carbons (Fsp3) is 0.533. The molecular weight excluding hydrogens is 260 g/mol. The first-order valence-electron chi connectivity index (χ1n) is 6.64. The summed E-state index contributed by atoms with van der Waals surface area (Å²) < 4.78 is 0. The quantitative estimate of drug-likeness (QED) is 0.844. The van der Waals surface area contributed by atoms with Crippen LogP contribution in [0.5, 0.6) is 0 Å². The fourth-order valence-corrected chi connectivity index (χ4v) is 1.81. The number of nitrogens with two attached hydrogens (primary N) is 1. The summed E-state index contributed by atoms with van der Waals surface area (Å²) in [7, 11) is 0. The highest BCUT2D eigenvalue weighted by molar-refractivity contribution is 5.85. The van der Waals surface area contributed by atoms with Gasteiger partial charge in [0.05, 0.1) is 5.92 Å². The number of hydrogen-bond acceptors (Lipinski definition) is 2. The first kappa shape index (κ1) is 17.9. The lowest BCUT2D eigenvalue weighted by Gasteiger charge is -2.27. The van der Waals surface area contributed by atoms with Crippen LogP contribution in [0, 0.1) is 0 Å². The van der Waals surface area contributed by atoms with Crippen molar-refractivity contribution in [3.8, 4) is 0 Å². The molecule has 0 bridgehead atoms. The standard InChI is InChI=1S/C15H24N2O.ClH/c1-4-15(16,5-2)11-17-14(18)12(3)13-9-7-6-8-10-13;/h6-10,12H,4-5,11,16H2,1-3H3,(H,17,18);1H. The Morgan fingerprint density at radius 3 is 2.26 bits per heavy atom. The van der Waals surface area contributed by atoms with Crippen molar-refractivity contribution < 1.29 is 4.79 Å². The van der Waals surface area contributed by atoms with Crippen molar-refractivity contribution in [2.75, 3.05) is 6.54 Å². The molecule has 0 aliphatic heterocycles. The summed E-state index contributed by atoms with van der Waals surface area (Å²) in [4.78, 5) is 12.1. The molecule has 3 N–H and O–H groups in total. The largest absolute Gasteiger partial charge is 0.354 e. The second-order valence-electron chi connectivity index (χ2n) is 4.92. The third-order valence-corrected chi connectivity index (χ3v) is 3.72. The fourth-order valence-electron chi connectivity index (χ4n) is 1.81. The lowest BCUT2D eigenvalue weighted by molar-refractivity contribution is -0.122. The molecule has 19 heavy (non-hydrogen) atoms. The van der Waals surface area contributed by atoms with Gasteiger partial charge < -0.3 is 11.1 Å². The highest BCUT2D eigenvalue weighted by Crippen LogP contribution is 2.15. The Labute approximate surface area is 122 Å². The predicted molar refractivity (Wildman–Crippen MR) is 82.6 cm³/mol. The van der Waals surface area contributed by atoms with E-state index in [0.717, 1.165) is 18.4 Å². The van der Waals surface area contributed by atoms with Gasteiger partial charge >= 0.3 is 0 Å². The molecule has 0 heterocycles. The van der Waals surface area contributed by atoms with Gasteiger partial charge in [-0.05, 0) is 25.3 Å². The van der Waals surface area contributed by atoms with Crippen molar-refractivity contribution in [1.29, 1.82) is 0 Å². The average Bonchev–Trinajstić information content (AvgIpc) is 2.44. The SMILES string of the molecule is CCC(N)(CC)CNC(=O)C(C)c1ccccc1.Cl. The number of carbonyl (C=O) groups is 1. The molecule has 1 atom stereocenters. The summed E-state index contributed by atoms with van der Waals surface area (Å²) >= 11 is 0. The maximum absolute atomic E-state index is 12.1. The Hall–Kier alpha value is -1.06. The summed E-state index contributed by atoms with van der Waals surface area (Å²) in [6.45, 7) is 6.56. The molecule has 0 radical (unpaired) electrons. The van der Waals surface area contributed by atoms with Crippen LogP contribution < -0.4 is 11.1 Å². The van der Waals surface area contributed by atoms with Crippen LogP contribution in [0.1, 0.15) is 45.1 Å². The van der Waals surface area contributed by atoms with Crippen LogP contribution in [-0.4, -0.2) is 18.0 Å². The lowest BCUT2D eigenvalue weighted by Crippen LogP contribution is -2.49. The highest BCUT2D eigenvalue weighted by Gasteiger charge is 2.22. The monoisotopic (exact) mass is 284 g/mol. The second-order valence-corrected chi connectivity index (χ2v) is 4.92. The Kier molecular flexibility index (Phi) is 7.72. The zero-order valence-electron chi connectivity index (χ0n) is 12.0. The lowest BCUT2D eigenvalue weighted by atomic mass is 9.93. The number of halogens is 1. The van der Waals surface area contributed by atoms with E-state index in [1.165, 1.54) is 0 Å². The van der Waals surface area contributed by atoms with E-state index in [4.69, 9.17) is 5.73 Å². The molecule has 4 heteroatoms. The minimum atomic E-state index is -0.286. The van der Waals surface area contributed by atoms with Gasteiger partial charge in [-0.3, -0.25) is 4.79 Å². The summed E-state index contributed by atoms with van der Waals surface area (Å²) in [5, 5.41) is 2.96. The number of nitrogens with one attached hydrogen (secondary N) is 1. The molecule has 0 aromatic heterocycles. The normalized spacial score (nSPS) is 12.4. The van der Waals surface area contributed by atoms with Crippen LogP contribution in [-0.2, 0) is 4.79 Å². The van der Waals surface area contributed by atoms with E-state index >= 15 is 0 Å². The first-order valence-corrected chi connectivity index (χ1v) is 6.64. The molecule has 1 amide bonds. The molecule has 108 valence electrons. The third-order valence-electron chi connectivity index (χ3n) is 3.72. The summed E-state index contributed by atoms with van der Waals surface area (Å²) in [5.74, 6) is -0.0953. The molecule has 0 saturated carbocycles. The number of carbonyl (C=O) groups excluding carboxylic acids is 1. The number of amides is 1. The maximum atomic E-state index is 12.1. The van der Waals surface area contributed by atoms with E-state index in [1.807, 2.05) is 37.3 Å². The minimum Gasteiger partial charge on any atom is -0.354 e. The highest BCUT2D eigenvalue weighted by atomic mass is 35.5. The Morgan fingerprint density at radius 1 is 1.26 bits per heavy atom. The zero-order valence-corrected chi connectivity index (χ0v) is 12.8. The van der Waals surface area contributed by atoms with Crippen LogP contribution in [0.4, 0.5) is 0 Å². The van der Waals surface area contributed by atoms with Crippen LogP contribution in [0.2, 0.25) is 0 Å². The third kappa shape index (κ3) is 5.21. The molecule has 1 aromatic rings. The van der Waals surface area contributed by atoms with Gasteiger partial charge in [0.2, 0.25) is 5.91 Å². The maximum Gasteiger partial charge on any atom is 0.227 e. The van der Waals surface area contributed by atoms with Crippen molar-refractivity contribution in [1.82, 2.24) is 5.32 Å². The molecule has 0 saturated heterocycles. The van der Waals surface area contributed by atoms with Crippen LogP contribution in [0.3, 0.4) is 0 Å². The summed E-state index contributed by atoms with van der Waals surface area (Å²) in [5.41, 5.74) is 6.92. The smallest absolute Gasteiger partial charge is 0.227 e. The molecule has 0 aliphatic carbocycles. The van der Waals surface area contributed by atoms with Gasteiger partial charge in [-0.1, -0.05) is 44.2 Å². The molecule has 0 spiro atoms. The van der Waals surface area contributed by atoms with Crippen LogP contribution in [0.15, 0.2) is 30.3 Å². The van der Waals surface area contributed by atoms with Crippen molar-refractivity contribution in [2.24, 2.45) is 5.73 Å². The van der Waals surface area contributed by atoms with Gasteiger partial charge in [-0.2, -0.15) is 0 Å². The summed E-state index contributed by atoms with van der Waals surface area (Å²) in [6, 6.07) is 9.79. The molecule has 1 unspecified atom stereocenters. The van der Waals surface area contributed by atoms with Gasteiger partial charge in [0, 0.05) is 12.1 Å². The van der Waals surface area contributed by atoms with E-state index in [9.17, 15) is 4.79 Å². The molecule has 0 fully saturated rings. The molecule has 1 rings (SSSR count). The number of benzene rings is 1. The van der Waals surface area contributed by atoms with Gasteiger partial charge in [0.15, 0.2) is 0 Å². The van der Waals surface area contributed by atoms with E-state index in [-0.39, 0.29) is 29.8 Å². The number of hydrogen-bond donors (Lipinski definition) is 2. The van der Waals surface area contributed by atoms with Crippen molar-refractivity contribution >= 4 is 18.3 Å². The number of rotatable bonds is 6. The van der Waals surface area contributed by atoms with E-state index in [2.05, 4.69) is 19.2 Å². The average molecular weight is 285 g/mol. The first-order chi connectivity index (χ1) is 8.52. The van der Waals surface area contributed by atoms with Crippen molar-refractivity contribution in [3.05, 3.63) is 35.9 Å². The van der Waals surface area contributed by atoms with E-state index < -0.39 is 0 Å². The Morgan fingerprint density at radius 2 is 1.79 bits per heavy atom. The minimum absolute atomic E-state index is 0. The summed E-state index contributed by atoms with van der Waals surface area (Å²) in [6.07, 6.45) is 1.73. The van der Waals surface area contributed by atoms with Gasteiger partial charge in [-0.15, -0.1) is 12.4 Å². The van der Waals surface area contributed by atoms with Crippen molar-refractivity contribution in [3.63, 3.8) is 0 Å². The Bertz CT molecular complexity index is 377. The van der Waals surface area contributed by atoms with Crippen molar-refractivity contribution in [2.45, 2.75) is 45.1 Å². The second kappa shape index (κ2) is 8.18. The predicted octanol–water partition coefficient (Wildman–Crippen LogP) is 2.85. The van der Waals surface area contributed by atoms with Crippen LogP contribution >= 0.6 is 12.4 Å². The van der Waals surface area contributed by atoms with Gasteiger partial charge in [0.1, 0.15) is 0 Å². The molecular formula is C15H25ClN2O. The van der Waals surface area contributed by atoms with E-state index in [0.29, 0.717) is 6.54 Å². The molecule has 0 aliphatic rings. The topological polar surface area (TPSA) is 55.1 Å². The van der Waals surface area contributed by atoms with Crippen LogP contribution in [0.25, 0.3) is 0 Å². The zero-order chi connectivity index (χ0) is 13.6. The molecule has 3 nitrogen and oxygen atoms in total. The Balaban J connectivity index is 0.00000324. The molecule has 1 aromatic carbocycles. The van der Waals surface area contributed by atoms with Gasteiger partial charge in [0.25, 0.3) is 0 Å².